The van der Waals surface area contributed by atoms with E-state index in [1.165, 1.54) is 13.3 Å². The number of nitrogens with one attached hydrogen (secondary N) is 3. The Kier molecular flexibility index (Phi) is 9.96. The predicted molar refractivity (Wildman–Crippen MR) is 140 cm³/mol. The fraction of sp³-hybridized carbons (Fsp3) is 0.296. The Hall–Kier alpha value is -4.69. The van der Waals surface area contributed by atoms with E-state index in [9.17, 15) is 14.7 Å². The molecular weight excluding hydrogens is 492 g/mol. The monoisotopic (exact) mass is 522 g/mol. The van der Waals surface area contributed by atoms with Crippen LogP contribution in [0.3, 0.4) is 0 Å². The Bertz CT molecular complexity index is 1230. The summed E-state index contributed by atoms with van der Waals surface area (Å²) in [6.45, 7) is 3.84. The lowest BCUT2D eigenvalue weighted by Crippen LogP contribution is -2.45. The van der Waals surface area contributed by atoms with Gasteiger partial charge in [0, 0.05) is 5.70 Å². The molecule has 2 amide bonds. The van der Waals surface area contributed by atoms with Gasteiger partial charge in [0.15, 0.2) is 17.7 Å². The fourth-order valence-electron chi connectivity index (χ4n) is 3.60. The van der Waals surface area contributed by atoms with Crippen LogP contribution in [0, 0.1) is 12.3 Å². The minimum absolute atomic E-state index is 0.133. The number of hydrazone groups is 1. The molecule has 4 N–H and O–H groups in total. The van der Waals surface area contributed by atoms with Crippen molar-refractivity contribution >= 4 is 18.2 Å². The van der Waals surface area contributed by atoms with Crippen molar-refractivity contribution in [2.24, 2.45) is 5.10 Å². The summed E-state index contributed by atoms with van der Waals surface area (Å²) >= 11 is 0. The SMILES string of the molecule is C#CCOc1ccc(/C=N\N[C@H](O)COc2ccc([C@H]3NC(=O)NC(C)=C3C(=O)OC)cc2OCC)cc1. The Morgan fingerprint density at radius 1 is 1.21 bits per heavy atom. The zero-order chi connectivity index (χ0) is 27.5. The van der Waals surface area contributed by atoms with Gasteiger partial charge in [0.05, 0.1) is 31.5 Å². The topological polar surface area (TPSA) is 140 Å². The summed E-state index contributed by atoms with van der Waals surface area (Å²) in [4.78, 5) is 24.4. The number of carbonyl (C=O) groups excluding carboxylic acids is 2. The molecule has 0 bridgehead atoms. The van der Waals surface area contributed by atoms with Gasteiger partial charge in [-0.25, -0.2) is 9.59 Å². The van der Waals surface area contributed by atoms with E-state index in [4.69, 9.17) is 25.4 Å². The number of aliphatic hydroxyl groups is 1. The van der Waals surface area contributed by atoms with Gasteiger partial charge in [-0.3, -0.25) is 5.43 Å². The molecule has 38 heavy (non-hydrogen) atoms. The van der Waals surface area contributed by atoms with E-state index >= 15 is 0 Å². The number of hydrogen-bond donors (Lipinski definition) is 4. The highest BCUT2D eigenvalue weighted by atomic mass is 16.5. The fourth-order valence-corrected chi connectivity index (χ4v) is 3.60. The first-order chi connectivity index (χ1) is 18.4. The van der Waals surface area contributed by atoms with E-state index in [0.717, 1.165) is 5.56 Å². The van der Waals surface area contributed by atoms with E-state index in [-0.39, 0.29) is 18.8 Å². The summed E-state index contributed by atoms with van der Waals surface area (Å²) in [5.74, 6) is 3.22. The van der Waals surface area contributed by atoms with Crippen molar-refractivity contribution in [3.63, 3.8) is 0 Å². The van der Waals surface area contributed by atoms with Gasteiger partial charge in [-0.15, -0.1) is 6.42 Å². The number of carbonyl (C=O) groups is 2. The van der Waals surface area contributed by atoms with E-state index < -0.39 is 24.3 Å². The summed E-state index contributed by atoms with van der Waals surface area (Å²) in [5, 5.41) is 19.6. The highest BCUT2D eigenvalue weighted by Crippen LogP contribution is 2.34. The normalized spacial score (nSPS) is 15.7. The number of amides is 2. The lowest BCUT2D eigenvalue weighted by atomic mass is 9.95. The van der Waals surface area contributed by atoms with E-state index in [0.29, 0.717) is 35.1 Å². The minimum Gasteiger partial charge on any atom is -0.490 e. The molecule has 2 aromatic carbocycles. The zero-order valence-corrected chi connectivity index (χ0v) is 21.3. The molecule has 0 fully saturated rings. The maximum Gasteiger partial charge on any atom is 0.337 e. The molecule has 1 aliphatic rings. The number of hydrogen-bond acceptors (Lipinski definition) is 9. The summed E-state index contributed by atoms with van der Waals surface area (Å²) < 4.78 is 21.7. The van der Waals surface area contributed by atoms with Crippen LogP contribution in [0.1, 0.15) is 31.0 Å². The molecule has 0 unspecified atom stereocenters. The second-order valence-corrected chi connectivity index (χ2v) is 7.98. The molecule has 0 saturated carbocycles. The first kappa shape index (κ1) is 27.9. The number of ether oxygens (including phenoxy) is 4. The minimum atomic E-state index is -1.11. The largest absolute Gasteiger partial charge is 0.490 e. The molecule has 2 atom stereocenters. The van der Waals surface area contributed by atoms with Crippen LogP contribution in [0.15, 0.2) is 58.8 Å². The highest BCUT2D eigenvalue weighted by molar-refractivity contribution is 5.95. The van der Waals surface area contributed by atoms with Crippen LogP contribution in [0.4, 0.5) is 4.79 Å². The van der Waals surface area contributed by atoms with Crippen LogP contribution in [0.2, 0.25) is 0 Å². The number of aliphatic hydroxyl groups excluding tert-OH is 1. The summed E-state index contributed by atoms with van der Waals surface area (Å²) in [6, 6.07) is 10.9. The van der Waals surface area contributed by atoms with Gasteiger partial charge in [0.1, 0.15) is 19.0 Å². The van der Waals surface area contributed by atoms with Crippen molar-refractivity contribution in [2.75, 3.05) is 26.9 Å². The number of nitrogens with zero attached hydrogens (tertiary/aromatic N) is 1. The smallest absolute Gasteiger partial charge is 0.337 e. The Balaban J connectivity index is 1.65. The quantitative estimate of drug-likeness (QED) is 0.109. The number of terminal acetylenes is 1. The van der Waals surface area contributed by atoms with Crippen LogP contribution in [0.5, 0.6) is 17.2 Å². The van der Waals surface area contributed by atoms with Crippen molar-refractivity contribution in [3.8, 4) is 29.6 Å². The second-order valence-electron chi connectivity index (χ2n) is 7.98. The van der Waals surface area contributed by atoms with Crippen molar-refractivity contribution in [1.29, 1.82) is 0 Å². The molecular formula is C27H30N4O7. The van der Waals surface area contributed by atoms with E-state index in [2.05, 4.69) is 27.1 Å². The van der Waals surface area contributed by atoms with Gasteiger partial charge >= 0.3 is 12.0 Å². The molecule has 11 nitrogen and oxygen atoms in total. The number of rotatable bonds is 12. The molecule has 200 valence electrons. The molecule has 1 aliphatic heterocycles. The number of methoxy groups -OCH3 is 1. The van der Waals surface area contributed by atoms with Gasteiger partial charge < -0.3 is 34.7 Å². The molecule has 0 saturated heterocycles. The molecule has 0 aromatic heterocycles. The van der Waals surface area contributed by atoms with Crippen LogP contribution in [0.25, 0.3) is 0 Å². The lowest BCUT2D eigenvalue weighted by Gasteiger charge is -2.28. The molecule has 2 aromatic rings. The van der Waals surface area contributed by atoms with Crippen molar-refractivity contribution in [1.82, 2.24) is 16.1 Å². The Labute approximate surface area is 220 Å². The van der Waals surface area contributed by atoms with Crippen molar-refractivity contribution in [2.45, 2.75) is 26.1 Å². The molecule has 0 spiro atoms. The number of esters is 1. The average molecular weight is 523 g/mol. The molecule has 11 heteroatoms. The van der Waals surface area contributed by atoms with Crippen LogP contribution < -0.4 is 30.3 Å². The van der Waals surface area contributed by atoms with Gasteiger partial charge in [-0.05, 0) is 61.4 Å². The molecule has 1 heterocycles. The first-order valence-electron chi connectivity index (χ1n) is 11.7. The highest BCUT2D eigenvalue weighted by Gasteiger charge is 2.32. The lowest BCUT2D eigenvalue weighted by molar-refractivity contribution is -0.136. The maximum absolute atomic E-state index is 12.4. The Morgan fingerprint density at radius 3 is 2.66 bits per heavy atom. The summed E-state index contributed by atoms with van der Waals surface area (Å²) in [5.41, 5.74) is 4.64. The van der Waals surface area contributed by atoms with Crippen LogP contribution in [-0.4, -0.2) is 56.5 Å². The standard InChI is InChI=1S/C27H30N4O7/c1-5-13-37-20-10-7-18(8-11-20)15-28-31-23(32)16-38-21-12-9-19(14-22(21)36-6-2)25-24(26(33)35-4)17(3)29-27(34)30-25/h1,7-12,14-15,23,25,31-32H,6,13,16H2,2-4H3,(H2,29,30,34)/b28-15-/t23-,25-/m1/s1. The van der Waals surface area contributed by atoms with Gasteiger partial charge in [-0.2, -0.15) is 5.10 Å². The summed E-state index contributed by atoms with van der Waals surface area (Å²) in [6.07, 6.45) is 5.60. The summed E-state index contributed by atoms with van der Waals surface area (Å²) in [7, 11) is 1.27. The first-order valence-corrected chi connectivity index (χ1v) is 11.7. The molecule has 0 aliphatic carbocycles. The van der Waals surface area contributed by atoms with E-state index in [1.807, 2.05) is 6.92 Å². The second kappa shape index (κ2) is 13.6. The third kappa shape index (κ3) is 7.41. The van der Waals surface area contributed by atoms with Crippen LogP contribution >= 0.6 is 0 Å². The van der Waals surface area contributed by atoms with Gasteiger partial charge in [0.25, 0.3) is 0 Å². The average Bonchev–Trinajstić information content (AvgIpc) is 2.91. The van der Waals surface area contributed by atoms with Gasteiger partial charge in [-0.1, -0.05) is 12.0 Å². The number of urea groups is 1. The number of benzene rings is 2. The Morgan fingerprint density at radius 2 is 1.97 bits per heavy atom. The van der Waals surface area contributed by atoms with Crippen molar-refractivity contribution < 1.29 is 33.6 Å². The molecule has 0 radical (unpaired) electrons. The number of allylic oxidation sites excluding steroid dienone is 1. The molecule has 3 rings (SSSR count). The van der Waals surface area contributed by atoms with Crippen LogP contribution in [-0.2, 0) is 9.53 Å². The third-order valence-corrected chi connectivity index (χ3v) is 5.31. The zero-order valence-electron chi connectivity index (χ0n) is 21.3. The van der Waals surface area contributed by atoms with Crippen molar-refractivity contribution in [3.05, 3.63) is 64.9 Å². The third-order valence-electron chi connectivity index (χ3n) is 5.31. The predicted octanol–water partition coefficient (Wildman–Crippen LogP) is 2.22. The van der Waals surface area contributed by atoms with Gasteiger partial charge in [0.2, 0.25) is 0 Å². The maximum atomic E-state index is 12.4. The van der Waals surface area contributed by atoms with E-state index in [1.54, 1.807) is 49.4 Å².